The van der Waals surface area contributed by atoms with Gasteiger partial charge < -0.3 is 0 Å². The van der Waals surface area contributed by atoms with E-state index in [1.165, 1.54) is 11.1 Å². The van der Waals surface area contributed by atoms with Crippen molar-refractivity contribution in [1.29, 1.82) is 0 Å². The van der Waals surface area contributed by atoms with Gasteiger partial charge in [0, 0.05) is 43.7 Å². The summed E-state index contributed by atoms with van der Waals surface area (Å²) in [6.07, 6.45) is 0. The summed E-state index contributed by atoms with van der Waals surface area (Å²) < 4.78 is 0. The number of nitrogens with zero attached hydrogens (tertiary/aromatic N) is 2. The zero-order valence-electron chi connectivity index (χ0n) is 18.1. The molecule has 3 fully saturated rings. The first-order chi connectivity index (χ1) is 13.9. The predicted molar refractivity (Wildman–Crippen MR) is 117 cm³/mol. The standard InChI is InChI=1S/C26H32N2O/c1-19(2)27-15-24-16-28(20(3)4)18-26(24,22-13-9-6-10-14-22)23(29)25(24,17-27)21-11-7-5-8-12-21/h5-14,19-20H,15-18H2,1-4H3. The van der Waals surface area contributed by atoms with Crippen LogP contribution in [0.1, 0.15) is 38.8 Å². The molecule has 0 aromatic heterocycles. The summed E-state index contributed by atoms with van der Waals surface area (Å²) in [7, 11) is 0. The second-order valence-electron chi connectivity index (χ2n) is 9.95. The number of ketones is 1. The third-order valence-electron chi connectivity index (χ3n) is 8.23. The maximum atomic E-state index is 14.4. The largest absolute Gasteiger partial charge is 0.299 e. The lowest BCUT2D eigenvalue weighted by Crippen LogP contribution is -2.77. The zero-order valence-corrected chi connectivity index (χ0v) is 18.1. The lowest BCUT2D eigenvalue weighted by molar-refractivity contribution is -0.155. The number of hydrogen-bond acceptors (Lipinski definition) is 3. The minimum Gasteiger partial charge on any atom is -0.299 e. The fraction of sp³-hybridized carbons (Fsp3) is 0.500. The Morgan fingerprint density at radius 1 is 0.655 bits per heavy atom. The molecule has 2 saturated heterocycles. The highest BCUT2D eigenvalue weighted by Crippen LogP contribution is 2.72. The van der Waals surface area contributed by atoms with Gasteiger partial charge in [0.2, 0.25) is 0 Å². The van der Waals surface area contributed by atoms with Crippen molar-refractivity contribution < 1.29 is 4.79 Å². The van der Waals surface area contributed by atoms with Crippen LogP contribution in [0.2, 0.25) is 0 Å². The minimum atomic E-state index is -0.405. The second-order valence-corrected chi connectivity index (χ2v) is 9.95. The summed E-state index contributed by atoms with van der Waals surface area (Å²) >= 11 is 0. The van der Waals surface area contributed by atoms with Crippen LogP contribution in [0.5, 0.6) is 0 Å². The van der Waals surface area contributed by atoms with E-state index < -0.39 is 10.8 Å². The van der Waals surface area contributed by atoms with E-state index in [2.05, 4.69) is 98.2 Å². The van der Waals surface area contributed by atoms with Crippen molar-refractivity contribution in [2.75, 3.05) is 26.2 Å². The summed E-state index contributed by atoms with van der Waals surface area (Å²) in [6.45, 7) is 12.7. The maximum Gasteiger partial charge on any atom is 0.157 e. The fourth-order valence-electron chi connectivity index (χ4n) is 6.72. The van der Waals surface area contributed by atoms with Crippen molar-refractivity contribution in [2.45, 2.75) is 50.6 Å². The van der Waals surface area contributed by atoms with Crippen LogP contribution in [0.15, 0.2) is 60.7 Å². The van der Waals surface area contributed by atoms with Crippen LogP contribution in [-0.2, 0) is 15.6 Å². The van der Waals surface area contributed by atoms with Crippen molar-refractivity contribution in [1.82, 2.24) is 9.80 Å². The average molecular weight is 389 g/mol. The molecule has 5 rings (SSSR count). The molecule has 1 saturated carbocycles. The highest BCUT2D eigenvalue weighted by molar-refractivity contribution is 6.10. The quantitative estimate of drug-likeness (QED) is 0.794. The van der Waals surface area contributed by atoms with Crippen molar-refractivity contribution in [3.05, 3.63) is 71.8 Å². The van der Waals surface area contributed by atoms with Crippen molar-refractivity contribution in [3.63, 3.8) is 0 Å². The molecule has 3 nitrogen and oxygen atoms in total. The maximum absolute atomic E-state index is 14.4. The first-order valence-electron chi connectivity index (χ1n) is 11.0. The molecule has 0 bridgehead atoms. The average Bonchev–Trinajstić information content (AvgIpc) is 3.23. The van der Waals surface area contributed by atoms with Crippen molar-refractivity contribution >= 4 is 5.78 Å². The summed E-state index contributed by atoms with van der Waals surface area (Å²) in [5, 5.41) is 0. The zero-order chi connectivity index (χ0) is 20.4. The number of Topliss-reactive ketones (excluding diaryl/α,β-unsaturated/α-hetero) is 1. The Bertz CT molecular complexity index is 847. The number of carbonyl (C=O) groups excluding carboxylic acids is 1. The molecule has 3 aliphatic rings. The molecule has 2 unspecified atom stereocenters. The van der Waals surface area contributed by atoms with Gasteiger partial charge in [-0.25, -0.2) is 0 Å². The van der Waals surface area contributed by atoms with Gasteiger partial charge in [0.15, 0.2) is 5.78 Å². The van der Waals surface area contributed by atoms with Crippen LogP contribution < -0.4 is 0 Å². The lowest BCUT2D eigenvalue weighted by Gasteiger charge is -2.63. The molecule has 2 aromatic rings. The fourth-order valence-corrected chi connectivity index (χ4v) is 6.72. The Balaban J connectivity index is 1.76. The highest BCUT2D eigenvalue weighted by Gasteiger charge is 2.86. The smallest absolute Gasteiger partial charge is 0.157 e. The van der Waals surface area contributed by atoms with Crippen LogP contribution in [0.4, 0.5) is 0 Å². The van der Waals surface area contributed by atoms with Crippen LogP contribution in [0, 0.1) is 5.41 Å². The van der Waals surface area contributed by atoms with Gasteiger partial charge >= 0.3 is 0 Å². The Hall–Kier alpha value is -1.97. The molecule has 0 N–H and O–H groups in total. The SMILES string of the molecule is CC(C)N1CC2(c3ccccc3)C(=O)C3(c4ccccc4)CN(C(C)C)CC23C1. The first kappa shape index (κ1) is 19.0. The Labute approximate surface area is 174 Å². The van der Waals surface area contributed by atoms with E-state index in [4.69, 9.17) is 0 Å². The molecule has 0 radical (unpaired) electrons. The predicted octanol–water partition coefficient (Wildman–Crippen LogP) is 3.88. The Morgan fingerprint density at radius 2 is 1.03 bits per heavy atom. The van der Waals surface area contributed by atoms with Gasteiger partial charge in [-0.3, -0.25) is 14.6 Å². The molecule has 152 valence electrons. The van der Waals surface area contributed by atoms with E-state index in [1.54, 1.807) is 0 Å². The molecule has 2 aliphatic heterocycles. The molecule has 2 atom stereocenters. The van der Waals surface area contributed by atoms with Crippen LogP contribution >= 0.6 is 0 Å². The molecule has 1 spiro atoms. The van der Waals surface area contributed by atoms with E-state index >= 15 is 0 Å². The van der Waals surface area contributed by atoms with Crippen molar-refractivity contribution in [3.8, 4) is 0 Å². The van der Waals surface area contributed by atoms with Crippen LogP contribution in [0.25, 0.3) is 0 Å². The Morgan fingerprint density at radius 3 is 1.38 bits per heavy atom. The monoisotopic (exact) mass is 388 g/mol. The van der Waals surface area contributed by atoms with E-state index in [1.807, 2.05) is 0 Å². The molecule has 1 aliphatic carbocycles. The van der Waals surface area contributed by atoms with E-state index in [0.717, 1.165) is 26.2 Å². The molecule has 0 amide bonds. The number of carbonyl (C=O) groups is 1. The van der Waals surface area contributed by atoms with Crippen LogP contribution in [0.3, 0.4) is 0 Å². The number of benzene rings is 2. The molecule has 2 aromatic carbocycles. The second kappa shape index (κ2) is 6.26. The molecular weight excluding hydrogens is 356 g/mol. The summed E-state index contributed by atoms with van der Waals surface area (Å²) in [4.78, 5) is 19.6. The summed E-state index contributed by atoms with van der Waals surface area (Å²) in [5.74, 6) is 0.439. The highest BCUT2D eigenvalue weighted by atomic mass is 16.1. The van der Waals surface area contributed by atoms with E-state index in [9.17, 15) is 4.79 Å². The lowest BCUT2D eigenvalue weighted by atomic mass is 9.35. The van der Waals surface area contributed by atoms with E-state index in [0.29, 0.717) is 17.9 Å². The van der Waals surface area contributed by atoms with E-state index in [-0.39, 0.29) is 5.41 Å². The number of hydrogen-bond donors (Lipinski definition) is 0. The molecule has 3 heteroatoms. The molecular formula is C26H32N2O. The van der Waals surface area contributed by atoms with Gasteiger partial charge in [-0.05, 0) is 38.8 Å². The third kappa shape index (κ3) is 2.13. The van der Waals surface area contributed by atoms with Crippen molar-refractivity contribution in [2.24, 2.45) is 5.41 Å². The minimum absolute atomic E-state index is 0.0751. The first-order valence-corrected chi connectivity index (χ1v) is 11.0. The van der Waals surface area contributed by atoms with Gasteiger partial charge in [-0.1, -0.05) is 60.7 Å². The number of likely N-dealkylation sites (tertiary alicyclic amines) is 2. The van der Waals surface area contributed by atoms with Gasteiger partial charge in [0.25, 0.3) is 0 Å². The number of rotatable bonds is 4. The summed E-state index contributed by atoms with van der Waals surface area (Å²) in [6, 6.07) is 22.1. The summed E-state index contributed by atoms with van der Waals surface area (Å²) in [5.41, 5.74) is 1.54. The molecule has 2 heterocycles. The Kier molecular flexibility index (Phi) is 4.11. The van der Waals surface area contributed by atoms with Crippen LogP contribution in [-0.4, -0.2) is 53.8 Å². The van der Waals surface area contributed by atoms with Gasteiger partial charge in [0.1, 0.15) is 0 Å². The molecule has 29 heavy (non-hydrogen) atoms. The van der Waals surface area contributed by atoms with Gasteiger partial charge in [0.05, 0.1) is 10.8 Å². The topological polar surface area (TPSA) is 23.6 Å². The van der Waals surface area contributed by atoms with Gasteiger partial charge in [-0.2, -0.15) is 0 Å². The normalized spacial score (nSPS) is 34.5. The third-order valence-corrected chi connectivity index (χ3v) is 8.23. The van der Waals surface area contributed by atoms with Gasteiger partial charge in [-0.15, -0.1) is 0 Å².